The summed E-state index contributed by atoms with van der Waals surface area (Å²) in [5, 5.41) is 0.567. The summed E-state index contributed by atoms with van der Waals surface area (Å²) in [6.45, 7) is 5.01. The second-order valence-corrected chi connectivity index (χ2v) is 6.01. The van der Waals surface area contributed by atoms with E-state index in [2.05, 4.69) is 0 Å². The van der Waals surface area contributed by atoms with Crippen LogP contribution < -0.4 is 4.74 Å². The normalized spacial score (nSPS) is 16.7. The van der Waals surface area contributed by atoms with E-state index in [4.69, 9.17) is 21.1 Å². The molecule has 0 radical (unpaired) electrons. The van der Waals surface area contributed by atoms with Crippen LogP contribution in [0.1, 0.15) is 26.7 Å². The van der Waals surface area contributed by atoms with E-state index >= 15 is 0 Å². The van der Waals surface area contributed by atoms with Crippen LogP contribution in [0.4, 0.5) is 0 Å². The van der Waals surface area contributed by atoms with Gasteiger partial charge in [-0.05, 0) is 44.9 Å². The Morgan fingerprint density at radius 1 is 1.35 bits per heavy atom. The average Bonchev–Trinajstić information content (AvgIpc) is 2.54. The summed E-state index contributed by atoms with van der Waals surface area (Å²) >= 11 is 5.91. The summed E-state index contributed by atoms with van der Waals surface area (Å²) in [7, 11) is 0. The van der Waals surface area contributed by atoms with Gasteiger partial charge in [0.2, 0.25) is 0 Å². The highest BCUT2D eigenvalue weighted by Crippen LogP contribution is 2.22. The Balaban J connectivity index is 1.85. The molecule has 0 N–H and O–H groups in total. The maximum Gasteiger partial charge on any atom is 0.309 e. The van der Waals surface area contributed by atoms with Gasteiger partial charge >= 0.3 is 5.97 Å². The molecule has 1 heterocycles. The van der Waals surface area contributed by atoms with Crippen molar-refractivity contribution in [1.29, 1.82) is 0 Å². The van der Waals surface area contributed by atoms with Gasteiger partial charge < -0.3 is 14.4 Å². The highest BCUT2D eigenvalue weighted by atomic mass is 35.5. The maximum absolute atomic E-state index is 12.4. The van der Waals surface area contributed by atoms with Crippen LogP contribution in [-0.2, 0) is 14.3 Å². The smallest absolute Gasteiger partial charge is 0.309 e. The van der Waals surface area contributed by atoms with Gasteiger partial charge in [-0.1, -0.05) is 17.7 Å². The standard InChI is InChI=1S/C17H22ClNO4/c1-3-22-17(21)13-7-9-19(10-8-13)16(20)12(2)23-15-6-4-5-14(18)11-15/h4-6,11-13H,3,7-10H2,1-2H3. The highest BCUT2D eigenvalue weighted by molar-refractivity contribution is 6.30. The van der Waals surface area contributed by atoms with Crippen LogP contribution in [0.3, 0.4) is 0 Å². The molecule has 126 valence electrons. The third-order valence-corrected chi connectivity index (χ3v) is 4.12. The van der Waals surface area contributed by atoms with Gasteiger partial charge in [0, 0.05) is 18.1 Å². The number of benzene rings is 1. The number of esters is 1. The number of hydrogen-bond acceptors (Lipinski definition) is 4. The Kier molecular flexibility index (Phi) is 6.28. The lowest BCUT2D eigenvalue weighted by Gasteiger charge is -2.32. The fraction of sp³-hybridized carbons (Fsp3) is 0.529. The number of piperidine rings is 1. The van der Waals surface area contributed by atoms with Crippen molar-refractivity contribution >= 4 is 23.5 Å². The number of rotatable bonds is 5. The molecule has 5 nitrogen and oxygen atoms in total. The first kappa shape index (κ1) is 17.6. The van der Waals surface area contributed by atoms with Crippen molar-refractivity contribution < 1.29 is 19.1 Å². The summed E-state index contributed by atoms with van der Waals surface area (Å²) in [6.07, 6.45) is 0.677. The summed E-state index contributed by atoms with van der Waals surface area (Å²) in [4.78, 5) is 25.9. The number of ether oxygens (including phenoxy) is 2. The number of carbonyl (C=O) groups is 2. The molecule has 0 bridgehead atoms. The minimum absolute atomic E-state index is 0.0766. The number of amides is 1. The molecular formula is C17H22ClNO4. The quantitative estimate of drug-likeness (QED) is 0.774. The van der Waals surface area contributed by atoms with E-state index in [1.54, 1.807) is 43.0 Å². The molecule has 0 saturated carbocycles. The first-order chi connectivity index (χ1) is 11.0. The lowest BCUT2D eigenvalue weighted by atomic mass is 9.97. The van der Waals surface area contributed by atoms with Gasteiger partial charge in [-0.25, -0.2) is 0 Å². The Morgan fingerprint density at radius 3 is 2.65 bits per heavy atom. The van der Waals surface area contributed by atoms with Crippen molar-refractivity contribution in [2.75, 3.05) is 19.7 Å². The molecule has 1 unspecified atom stereocenters. The number of nitrogens with zero attached hydrogens (tertiary/aromatic N) is 1. The predicted octanol–water partition coefficient (Wildman–Crippen LogP) is 2.91. The minimum Gasteiger partial charge on any atom is -0.481 e. The molecule has 1 amide bonds. The molecule has 0 aliphatic carbocycles. The van der Waals surface area contributed by atoms with Crippen molar-refractivity contribution in [3.05, 3.63) is 29.3 Å². The third-order valence-electron chi connectivity index (χ3n) is 3.88. The van der Waals surface area contributed by atoms with E-state index in [0.29, 0.717) is 43.3 Å². The van der Waals surface area contributed by atoms with E-state index in [1.807, 2.05) is 0 Å². The fourth-order valence-electron chi connectivity index (χ4n) is 2.65. The largest absolute Gasteiger partial charge is 0.481 e. The molecule has 1 atom stereocenters. The molecule has 1 aliphatic heterocycles. The Labute approximate surface area is 141 Å². The van der Waals surface area contributed by atoms with Crippen molar-refractivity contribution in [1.82, 2.24) is 4.90 Å². The number of likely N-dealkylation sites (tertiary alicyclic amines) is 1. The molecule has 0 spiro atoms. The highest BCUT2D eigenvalue weighted by Gasteiger charge is 2.30. The van der Waals surface area contributed by atoms with Crippen molar-refractivity contribution in [2.45, 2.75) is 32.8 Å². The van der Waals surface area contributed by atoms with Crippen molar-refractivity contribution in [3.8, 4) is 5.75 Å². The molecule has 1 fully saturated rings. The van der Waals surface area contributed by atoms with Gasteiger partial charge in [-0.2, -0.15) is 0 Å². The number of carbonyl (C=O) groups excluding carboxylic acids is 2. The van der Waals surface area contributed by atoms with Crippen LogP contribution in [0.25, 0.3) is 0 Å². The maximum atomic E-state index is 12.4. The van der Waals surface area contributed by atoms with E-state index in [-0.39, 0.29) is 17.8 Å². The zero-order valence-corrected chi connectivity index (χ0v) is 14.2. The van der Waals surface area contributed by atoms with Crippen LogP contribution in [0.2, 0.25) is 5.02 Å². The molecular weight excluding hydrogens is 318 g/mol. The average molecular weight is 340 g/mol. The van der Waals surface area contributed by atoms with Gasteiger partial charge in [0.25, 0.3) is 5.91 Å². The fourth-order valence-corrected chi connectivity index (χ4v) is 2.83. The zero-order chi connectivity index (χ0) is 16.8. The van der Waals surface area contributed by atoms with E-state index in [9.17, 15) is 9.59 Å². The predicted molar refractivity (Wildman–Crippen MR) is 87.5 cm³/mol. The van der Waals surface area contributed by atoms with Gasteiger partial charge in [0.1, 0.15) is 5.75 Å². The van der Waals surface area contributed by atoms with E-state index in [0.717, 1.165) is 0 Å². The van der Waals surface area contributed by atoms with E-state index in [1.165, 1.54) is 0 Å². The van der Waals surface area contributed by atoms with Crippen LogP contribution in [-0.4, -0.2) is 42.6 Å². The summed E-state index contributed by atoms with van der Waals surface area (Å²) in [5.74, 6) is 0.220. The van der Waals surface area contributed by atoms with Crippen LogP contribution in [0, 0.1) is 5.92 Å². The van der Waals surface area contributed by atoms with Crippen LogP contribution >= 0.6 is 11.6 Å². The molecule has 23 heavy (non-hydrogen) atoms. The van der Waals surface area contributed by atoms with Crippen LogP contribution in [0.5, 0.6) is 5.75 Å². The summed E-state index contributed by atoms with van der Waals surface area (Å²) in [5.41, 5.74) is 0. The van der Waals surface area contributed by atoms with Gasteiger partial charge in [0.15, 0.2) is 6.10 Å². The molecule has 1 aliphatic rings. The summed E-state index contributed by atoms with van der Waals surface area (Å²) in [6, 6.07) is 6.97. The first-order valence-corrected chi connectivity index (χ1v) is 8.26. The SMILES string of the molecule is CCOC(=O)C1CCN(C(=O)C(C)Oc2cccc(Cl)c2)CC1. The summed E-state index contributed by atoms with van der Waals surface area (Å²) < 4.78 is 10.7. The number of hydrogen-bond donors (Lipinski definition) is 0. The molecule has 0 aromatic heterocycles. The zero-order valence-electron chi connectivity index (χ0n) is 13.5. The van der Waals surface area contributed by atoms with E-state index < -0.39 is 6.10 Å². The lowest BCUT2D eigenvalue weighted by Crippen LogP contribution is -2.45. The van der Waals surface area contributed by atoms with Gasteiger partial charge in [0.05, 0.1) is 12.5 Å². The van der Waals surface area contributed by atoms with Crippen molar-refractivity contribution in [3.63, 3.8) is 0 Å². The van der Waals surface area contributed by atoms with Gasteiger partial charge in [-0.3, -0.25) is 9.59 Å². The first-order valence-electron chi connectivity index (χ1n) is 7.89. The third kappa shape index (κ3) is 4.86. The second kappa shape index (κ2) is 8.20. The van der Waals surface area contributed by atoms with Gasteiger partial charge in [-0.15, -0.1) is 0 Å². The molecule has 1 saturated heterocycles. The monoisotopic (exact) mass is 339 g/mol. The Morgan fingerprint density at radius 2 is 2.04 bits per heavy atom. The second-order valence-electron chi connectivity index (χ2n) is 5.57. The molecule has 2 rings (SSSR count). The minimum atomic E-state index is -0.590. The Hall–Kier alpha value is -1.75. The molecule has 1 aromatic rings. The topological polar surface area (TPSA) is 55.8 Å². The lowest BCUT2D eigenvalue weighted by molar-refractivity contribution is -0.152. The molecule has 1 aromatic carbocycles. The Bertz CT molecular complexity index is 555. The molecule has 6 heteroatoms. The van der Waals surface area contributed by atoms with Crippen LogP contribution in [0.15, 0.2) is 24.3 Å². The number of halogens is 1. The van der Waals surface area contributed by atoms with Crippen molar-refractivity contribution in [2.24, 2.45) is 5.92 Å².